The molecule has 122 valence electrons. The van der Waals surface area contributed by atoms with Crippen molar-refractivity contribution in [1.29, 1.82) is 0 Å². The molecule has 0 aliphatic carbocycles. The molecule has 5 heteroatoms. The van der Waals surface area contributed by atoms with Gasteiger partial charge in [-0.3, -0.25) is 9.69 Å². The van der Waals surface area contributed by atoms with E-state index in [2.05, 4.69) is 10.2 Å². The summed E-state index contributed by atoms with van der Waals surface area (Å²) in [7, 11) is 0. The summed E-state index contributed by atoms with van der Waals surface area (Å²) in [6.45, 7) is 6.14. The highest BCUT2D eigenvalue weighted by atomic mass is 16.5. The monoisotopic (exact) mass is 306 g/mol. The van der Waals surface area contributed by atoms with Gasteiger partial charge in [-0.25, -0.2) is 0 Å². The van der Waals surface area contributed by atoms with Gasteiger partial charge in [0.25, 0.3) is 0 Å². The Hall–Kier alpha value is -1.59. The van der Waals surface area contributed by atoms with Crippen LogP contribution in [0.1, 0.15) is 19.8 Å². The SMILES string of the molecule is CCOC1CCN(CC(=O)NCCOc2ccccc2)CC1. The molecule has 0 unspecified atom stereocenters. The Kier molecular flexibility index (Phi) is 7.19. The van der Waals surface area contributed by atoms with Gasteiger partial charge in [0.2, 0.25) is 5.91 Å². The summed E-state index contributed by atoms with van der Waals surface area (Å²) in [6, 6.07) is 9.62. The lowest BCUT2D eigenvalue weighted by molar-refractivity contribution is -0.123. The molecule has 1 saturated heterocycles. The minimum absolute atomic E-state index is 0.0616. The van der Waals surface area contributed by atoms with Gasteiger partial charge in [-0.05, 0) is 31.9 Å². The number of likely N-dealkylation sites (tertiary alicyclic amines) is 1. The fourth-order valence-corrected chi connectivity index (χ4v) is 2.60. The molecule has 2 rings (SSSR count). The maximum Gasteiger partial charge on any atom is 0.234 e. The van der Waals surface area contributed by atoms with Gasteiger partial charge in [0.05, 0.1) is 19.2 Å². The average Bonchev–Trinajstić information content (AvgIpc) is 2.55. The van der Waals surface area contributed by atoms with Gasteiger partial charge >= 0.3 is 0 Å². The van der Waals surface area contributed by atoms with E-state index in [1.807, 2.05) is 37.3 Å². The third-order valence-corrected chi connectivity index (χ3v) is 3.74. The molecule has 1 aromatic rings. The van der Waals surface area contributed by atoms with Crippen LogP contribution in [0.2, 0.25) is 0 Å². The molecule has 1 heterocycles. The topological polar surface area (TPSA) is 50.8 Å². The van der Waals surface area contributed by atoms with Crippen LogP contribution < -0.4 is 10.1 Å². The minimum Gasteiger partial charge on any atom is -0.492 e. The Morgan fingerprint density at radius 1 is 1.27 bits per heavy atom. The molecule has 1 N–H and O–H groups in total. The normalized spacial score (nSPS) is 16.4. The molecule has 1 aliphatic heterocycles. The number of carbonyl (C=O) groups excluding carboxylic acids is 1. The molecule has 0 spiro atoms. The quantitative estimate of drug-likeness (QED) is 0.743. The van der Waals surface area contributed by atoms with Crippen LogP contribution in [0.5, 0.6) is 5.75 Å². The maximum absolute atomic E-state index is 11.9. The second-order valence-electron chi connectivity index (χ2n) is 5.44. The number of nitrogens with zero attached hydrogens (tertiary/aromatic N) is 1. The van der Waals surface area contributed by atoms with E-state index in [0.717, 1.165) is 38.3 Å². The lowest BCUT2D eigenvalue weighted by Gasteiger charge is -2.31. The molecular weight excluding hydrogens is 280 g/mol. The Bertz CT molecular complexity index is 431. The van der Waals surface area contributed by atoms with E-state index in [4.69, 9.17) is 9.47 Å². The number of amides is 1. The first kappa shape index (κ1) is 16.8. The predicted molar refractivity (Wildman–Crippen MR) is 86.0 cm³/mol. The zero-order valence-corrected chi connectivity index (χ0v) is 13.3. The summed E-state index contributed by atoms with van der Waals surface area (Å²) in [5, 5.41) is 2.90. The molecule has 1 aromatic carbocycles. The van der Waals surface area contributed by atoms with Gasteiger partial charge < -0.3 is 14.8 Å². The minimum atomic E-state index is 0.0616. The average molecular weight is 306 g/mol. The number of hydrogen-bond acceptors (Lipinski definition) is 4. The van der Waals surface area contributed by atoms with E-state index >= 15 is 0 Å². The van der Waals surface area contributed by atoms with Crippen LogP contribution in [-0.2, 0) is 9.53 Å². The second-order valence-corrected chi connectivity index (χ2v) is 5.44. The summed E-state index contributed by atoms with van der Waals surface area (Å²) in [6.07, 6.45) is 2.39. The number of carbonyl (C=O) groups is 1. The lowest BCUT2D eigenvalue weighted by Crippen LogP contribution is -2.43. The van der Waals surface area contributed by atoms with Crippen molar-refractivity contribution in [3.8, 4) is 5.75 Å². The molecule has 1 aliphatic rings. The van der Waals surface area contributed by atoms with Crippen LogP contribution in [0, 0.1) is 0 Å². The highest BCUT2D eigenvalue weighted by Gasteiger charge is 2.20. The fourth-order valence-electron chi connectivity index (χ4n) is 2.60. The van der Waals surface area contributed by atoms with Crippen molar-refractivity contribution in [1.82, 2.24) is 10.2 Å². The van der Waals surface area contributed by atoms with Crippen LogP contribution >= 0.6 is 0 Å². The van der Waals surface area contributed by atoms with Crippen molar-refractivity contribution in [3.63, 3.8) is 0 Å². The van der Waals surface area contributed by atoms with Crippen LogP contribution in [0.15, 0.2) is 30.3 Å². The number of rotatable bonds is 8. The first-order chi connectivity index (χ1) is 10.8. The lowest BCUT2D eigenvalue weighted by atomic mass is 10.1. The number of benzene rings is 1. The third kappa shape index (κ3) is 6.03. The number of piperidine rings is 1. The summed E-state index contributed by atoms with van der Waals surface area (Å²) >= 11 is 0. The van der Waals surface area contributed by atoms with E-state index in [1.54, 1.807) is 0 Å². The van der Waals surface area contributed by atoms with E-state index in [-0.39, 0.29) is 5.91 Å². The molecular formula is C17H26N2O3. The van der Waals surface area contributed by atoms with Gasteiger partial charge in [-0.1, -0.05) is 18.2 Å². The summed E-state index contributed by atoms with van der Waals surface area (Å²) < 4.78 is 11.2. The van der Waals surface area contributed by atoms with Crippen molar-refractivity contribution in [3.05, 3.63) is 30.3 Å². The number of nitrogens with one attached hydrogen (secondary N) is 1. The maximum atomic E-state index is 11.9. The number of ether oxygens (including phenoxy) is 2. The van der Waals surface area contributed by atoms with Gasteiger partial charge in [0.1, 0.15) is 12.4 Å². The Labute approximate surface area is 132 Å². The molecule has 1 amide bonds. The first-order valence-corrected chi connectivity index (χ1v) is 8.06. The highest BCUT2D eigenvalue weighted by molar-refractivity contribution is 5.78. The van der Waals surface area contributed by atoms with Gasteiger partial charge in [0, 0.05) is 19.7 Å². The summed E-state index contributed by atoms with van der Waals surface area (Å²) in [4.78, 5) is 14.1. The molecule has 0 atom stereocenters. The second kappa shape index (κ2) is 9.43. The highest BCUT2D eigenvalue weighted by Crippen LogP contribution is 2.13. The molecule has 5 nitrogen and oxygen atoms in total. The Morgan fingerprint density at radius 3 is 2.68 bits per heavy atom. The number of para-hydroxylation sites is 1. The van der Waals surface area contributed by atoms with Crippen molar-refractivity contribution < 1.29 is 14.3 Å². The van der Waals surface area contributed by atoms with Gasteiger partial charge in [-0.15, -0.1) is 0 Å². The molecule has 22 heavy (non-hydrogen) atoms. The molecule has 0 saturated carbocycles. The zero-order chi connectivity index (χ0) is 15.6. The fraction of sp³-hybridized carbons (Fsp3) is 0.588. The Morgan fingerprint density at radius 2 is 2.00 bits per heavy atom. The van der Waals surface area contributed by atoms with Crippen molar-refractivity contribution >= 4 is 5.91 Å². The molecule has 0 aromatic heterocycles. The van der Waals surface area contributed by atoms with E-state index in [1.165, 1.54) is 0 Å². The van der Waals surface area contributed by atoms with Crippen molar-refractivity contribution in [2.45, 2.75) is 25.9 Å². The first-order valence-electron chi connectivity index (χ1n) is 8.06. The number of hydrogen-bond donors (Lipinski definition) is 1. The smallest absolute Gasteiger partial charge is 0.234 e. The van der Waals surface area contributed by atoms with Gasteiger partial charge in [-0.2, -0.15) is 0 Å². The van der Waals surface area contributed by atoms with E-state index in [9.17, 15) is 4.79 Å². The molecule has 1 fully saturated rings. The predicted octanol–water partition coefficient (Wildman–Crippen LogP) is 1.68. The van der Waals surface area contributed by atoms with Crippen LogP contribution in [-0.4, -0.2) is 56.3 Å². The van der Waals surface area contributed by atoms with Crippen LogP contribution in [0.4, 0.5) is 0 Å². The molecule has 0 radical (unpaired) electrons. The largest absolute Gasteiger partial charge is 0.492 e. The van der Waals surface area contributed by atoms with E-state index < -0.39 is 0 Å². The van der Waals surface area contributed by atoms with E-state index in [0.29, 0.717) is 25.8 Å². The molecule has 0 bridgehead atoms. The third-order valence-electron chi connectivity index (χ3n) is 3.74. The summed E-state index contributed by atoms with van der Waals surface area (Å²) in [5.41, 5.74) is 0. The Balaban J connectivity index is 1.55. The van der Waals surface area contributed by atoms with Crippen LogP contribution in [0.25, 0.3) is 0 Å². The standard InChI is InChI=1S/C17H26N2O3/c1-2-21-16-8-11-19(12-9-16)14-17(20)18-10-13-22-15-6-4-3-5-7-15/h3-7,16H,2,8-14H2,1H3,(H,18,20). The van der Waals surface area contributed by atoms with Crippen LogP contribution in [0.3, 0.4) is 0 Å². The summed E-state index contributed by atoms with van der Waals surface area (Å²) in [5.74, 6) is 0.890. The van der Waals surface area contributed by atoms with Crippen molar-refractivity contribution in [2.75, 3.05) is 39.4 Å². The van der Waals surface area contributed by atoms with Crippen molar-refractivity contribution in [2.24, 2.45) is 0 Å². The zero-order valence-electron chi connectivity index (χ0n) is 13.3. The van der Waals surface area contributed by atoms with Gasteiger partial charge in [0.15, 0.2) is 0 Å².